The lowest BCUT2D eigenvalue weighted by Gasteiger charge is -2.21. The molecule has 0 radical (unpaired) electrons. The van der Waals surface area contributed by atoms with Gasteiger partial charge in [-0.1, -0.05) is 5.11 Å². The zero-order chi connectivity index (χ0) is 17.0. The number of nitrogens with zero attached hydrogens (tertiary/aromatic N) is 4. The Morgan fingerprint density at radius 1 is 1.48 bits per heavy atom. The zero-order valence-corrected chi connectivity index (χ0v) is 12.7. The van der Waals surface area contributed by atoms with Crippen molar-refractivity contribution in [2.45, 2.75) is 6.42 Å². The van der Waals surface area contributed by atoms with E-state index in [0.717, 1.165) is 0 Å². The highest BCUT2D eigenvalue weighted by molar-refractivity contribution is 6.05. The van der Waals surface area contributed by atoms with Crippen molar-refractivity contribution in [2.75, 3.05) is 32.2 Å². The van der Waals surface area contributed by atoms with Crippen LogP contribution in [-0.2, 0) is 4.79 Å². The van der Waals surface area contributed by atoms with Crippen molar-refractivity contribution < 1.29 is 24.2 Å². The van der Waals surface area contributed by atoms with Gasteiger partial charge in [0.15, 0.2) is 0 Å². The number of hydrogen-bond donors (Lipinski definition) is 1. The molecule has 1 aromatic carbocycles. The standard InChI is InChI=1S/C14H16N4O5/c1-22-9-4-10(13(14(20)21)11(5-9)23-2)18-7-8(3-12(18)19)6-16-17-15/h4-5,8H,3,6-7H2,1-2H3,(H,20,21). The molecule has 9 nitrogen and oxygen atoms in total. The summed E-state index contributed by atoms with van der Waals surface area (Å²) < 4.78 is 10.3. The molecule has 0 aromatic heterocycles. The van der Waals surface area contributed by atoms with E-state index in [1.807, 2.05) is 0 Å². The number of anilines is 1. The quantitative estimate of drug-likeness (QED) is 0.488. The summed E-state index contributed by atoms with van der Waals surface area (Å²) in [6, 6.07) is 2.94. The number of aromatic carboxylic acids is 1. The topological polar surface area (TPSA) is 125 Å². The lowest BCUT2D eigenvalue weighted by atomic mass is 10.1. The van der Waals surface area contributed by atoms with E-state index in [2.05, 4.69) is 10.0 Å². The molecule has 1 unspecified atom stereocenters. The summed E-state index contributed by atoms with van der Waals surface area (Å²) in [5, 5.41) is 12.9. The number of rotatable bonds is 6. The van der Waals surface area contributed by atoms with Gasteiger partial charge in [-0.25, -0.2) is 4.79 Å². The highest BCUT2D eigenvalue weighted by Crippen LogP contribution is 2.37. The van der Waals surface area contributed by atoms with E-state index in [1.165, 1.54) is 31.3 Å². The molecule has 1 aromatic rings. The van der Waals surface area contributed by atoms with Gasteiger partial charge >= 0.3 is 5.97 Å². The molecule has 1 N–H and O–H groups in total. The van der Waals surface area contributed by atoms with Gasteiger partial charge in [0.25, 0.3) is 0 Å². The minimum atomic E-state index is -1.20. The number of benzene rings is 1. The van der Waals surface area contributed by atoms with E-state index in [0.29, 0.717) is 5.75 Å². The molecule has 1 heterocycles. The van der Waals surface area contributed by atoms with Crippen LogP contribution >= 0.6 is 0 Å². The monoisotopic (exact) mass is 320 g/mol. The van der Waals surface area contributed by atoms with Gasteiger partial charge in [-0.05, 0) is 11.4 Å². The van der Waals surface area contributed by atoms with Gasteiger partial charge in [0.05, 0.1) is 19.9 Å². The Labute approximate surface area is 132 Å². The molecule has 23 heavy (non-hydrogen) atoms. The summed E-state index contributed by atoms with van der Waals surface area (Å²) in [5.74, 6) is -1.10. The minimum absolute atomic E-state index is 0.105. The van der Waals surface area contributed by atoms with Crippen molar-refractivity contribution in [1.29, 1.82) is 0 Å². The normalized spacial score (nSPS) is 16.9. The second-order valence-corrected chi connectivity index (χ2v) is 5.02. The molecule has 1 amide bonds. The number of azide groups is 1. The SMILES string of the molecule is COc1cc(OC)c(C(=O)O)c(N2CC(CN=[N+]=[N-])CC2=O)c1. The van der Waals surface area contributed by atoms with Crippen molar-refractivity contribution in [2.24, 2.45) is 11.0 Å². The van der Waals surface area contributed by atoms with Gasteiger partial charge in [0.2, 0.25) is 5.91 Å². The van der Waals surface area contributed by atoms with Gasteiger partial charge in [0.1, 0.15) is 17.1 Å². The Morgan fingerprint density at radius 2 is 2.22 bits per heavy atom. The van der Waals surface area contributed by atoms with E-state index in [9.17, 15) is 14.7 Å². The summed E-state index contributed by atoms with van der Waals surface area (Å²) >= 11 is 0. The average Bonchev–Trinajstić information content (AvgIpc) is 2.91. The third-order valence-corrected chi connectivity index (χ3v) is 3.62. The Bertz CT molecular complexity index is 684. The number of amides is 1. The molecule has 2 rings (SSSR count). The van der Waals surface area contributed by atoms with Crippen LogP contribution in [0.2, 0.25) is 0 Å². The van der Waals surface area contributed by atoms with E-state index in [4.69, 9.17) is 15.0 Å². The molecule has 0 spiro atoms. The maximum absolute atomic E-state index is 12.2. The maximum atomic E-state index is 12.2. The van der Waals surface area contributed by atoms with Crippen molar-refractivity contribution in [3.63, 3.8) is 0 Å². The van der Waals surface area contributed by atoms with Crippen LogP contribution in [0.3, 0.4) is 0 Å². The molecule has 1 atom stereocenters. The number of carboxylic acids is 1. The first kappa shape index (κ1) is 16.4. The fourth-order valence-corrected chi connectivity index (χ4v) is 2.57. The largest absolute Gasteiger partial charge is 0.497 e. The molecular weight excluding hydrogens is 304 g/mol. The average molecular weight is 320 g/mol. The first-order valence-corrected chi connectivity index (χ1v) is 6.82. The zero-order valence-electron chi connectivity index (χ0n) is 12.7. The molecule has 1 fully saturated rings. The summed E-state index contributed by atoms with van der Waals surface area (Å²) in [6.07, 6.45) is 0.192. The molecule has 0 aliphatic carbocycles. The smallest absolute Gasteiger partial charge is 0.341 e. The van der Waals surface area contributed by atoms with E-state index in [1.54, 1.807) is 0 Å². The highest BCUT2D eigenvalue weighted by atomic mass is 16.5. The molecule has 1 saturated heterocycles. The third-order valence-electron chi connectivity index (χ3n) is 3.62. The first-order chi connectivity index (χ1) is 11.0. The number of carbonyl (C=O) groups excluding carboxylic acids is 1. The molecule has 1 aliphatic heterocycles. The lowest BCUT2D eigenvalue weighted by Crippen LogP contribution is -2.27. The number of carboxylic acid groups (broad SMARTS) is 1. The maximum Gasteiger partial charge on any atom is 0.341 e. The van der Waals surface area contributed by atoms with Crippen LogP contribution in [0, 0.1) is 5.92 Å². The van der Waals surface area contributed by atoms with Crippen LogP contribution in [-0.4, -0.2) is 44.3 Å². The molecular formula is C14H16N4O5. The third kappa shape index (κ3) is 3.29. The van der Waals surface area contributed by atoms with Crippen LogP contribution in [0.1, 0.15) is 16.8 Å². The molecule has 1 aliphatic rings. The molecule has 122 valence electrons. The summed E-state index contributed by atoms with van der Waals surface area (Å²) in [4.78, 5) is 27.9. The number of hydrogen-bond acceptors (Lipinski definition) is 5. The van der Waals surface area contributed by atoms with Crippen LogP contribution < -0.4 is 14.4 Å². The number of carbonyl (C=O) groups is 2. The van der Waals surface area contributed by atoms with E-state index in [-0.39, 0.29) is 48.3 Å². The minimum Gasteiger partial charge on any atom is -0.497 e. The Balaban J connectivity index is 2.47. The van der Waals surface area contributed by atoms with Crippen molar-refractivity contribution in [3.05, 3.63) is 28.1 Å². The lowest BCUT2D eigenvalue weighted by molar-refractivity contribution is -0.117. The second-order valence-electron chi connectivity index (χ2n) is 5.02. The summed E-state index contributed by atoms with van der Waals surface area (Å²) in [5.41, 5.74) is 8.48. The number of ether oxygens (including phenoxy) is 2. The fraction of sp³-hybridized carbons (Fsp3) is 0.429. The van der Waals surface area contributed by atoms with Gasteiger partial charge < -0.3 is 19.5 Å². The predicted molar refractivity (Wildman–Crippen MR) is 81.0 cm³/mol. The molecule has 0 saturated carbocycles. The van der Waals surface area contributed by atoms with Crippen LogP contribution in [0.4, 0.5) is 5.69 Å². The van der Waals surface area contributed by atoms with Crippen molar-refractivity contribution >= 4 is 17.6 Å². The van der Waals surface area contributed by atoms with Gasteiger partial charge in [-0.3, -0.25) is 4.79 Å². The van der Waals surface area contributed by atoms with Crippen molar-refractivity contribution in [3.8, 4) is 11.5 Å². The van der Waals surface area contributed by atoms with Crippen LogP contribution in [0.5, 0.6) is 11.5 Å². The van der Waals surface area contributed by atoms with E-state index < -0.39 is 5.97 Å². The van der Waals surface area contributed by atoms with Crippen LogP contribution in [0.15, 0.2) is 17.2 Å². The van der Waals surface area contributed by atoms with Gasteiger partial charge in [-0.2, -0.15) is 0 Å². The van der Waals surface area contributed by atoms with Gasteiger partial charge in [0, 0.05) is 36.6 Å². The van der Waals surface area contributed by atoms with Gasteiger partial charge in [-0.15, -0.1) is 0 Å². The van der Waals surface area contributed by atoms with E-state index >= 15 is 0 Å². The highest BCUT2D eigenvalue weighted by Gasteiger charge is 2.34. The Hall–Kier alpha value is -2.93. The first-order valence-electron chi connectivity index (χ1n) is 6.82. The second kappa shape index (κ2) is 6.89. The predicted octanol–water partition coefficient (Wildman–Crippen LogP) is 2.07. The summed E-state index contributed by atoms with van der Waals surface area (Å²) in [6.45, 7) is 0.455. The summed E-state index contributed by atoms with van der Waals surface area (Å²) in [7, 11) is 2.79. The van der Waals surface area contributed by atoms with Crippen molar-refractivity contribution in [1.82, 2.24) is 0 Å². The Kier molecular flexibility index (Phi) is 4.92. The number of methoxy groups -OCH3 is 2. The molecule has 9 heteroatoms. The molecule has 0 bridgehead atoms. The fourth-order valence-electron chi connectivity index (χ4n) is 2.57. The Morgan fingerprint density at radius 3 is 2.78 bits per heavy atom. The van der Waals surface area contributed by atoms with Crippen LogP contribution in [0.25, 0.3) is 10.4 Å².